The first-order valence-corrected chi connectivity index (χ1v) is 3.78. The molecule has 0 aliphatic carbocycles. The average Bonchev–Trinajstić information content (AvgIpc) is 2.04. The molecule has 0 unspecified atom stereocenters. The zero-order valence-electron chi connectivity index (χ0n) is 7.20. The number of benzene rings is 1. The summed E-state index contributed by atoms with van der Waals surface area (Å²) in [6.07, 6.45) is 0. The van der Waals surface area contributed by atoms with Gasteiger partial charge in [-0.15, -0.1) is 0 Å². The van der Waals surface area contributed by atoms with E-state index in [1.807, 2.05) is 0 Å². The molecule has 70 valence electrons. The monoisotopic (exact) mass is 184 g/mol. The Bertz CT molecular complexity index is 291. The lowest BCUT2D eigenvalue weighted by molar-refractivity contribution is 0.185. The van der Waals surface area contributed by atoms with Crippen molar-refractivity contribution in [2.24, 2.45) is 0 Å². The van der Waals surface area contributed by atoms with Gasteiger partial charge in [-0.05, 0) is 23.2 Å². The van der Waals surface area contributed by atoms with Crippen LogP contribution in [0.3, 0.4) is 0 Å². The fourth-order valence-electron chi connectivity index (χ4n) is 1.11. The minimum Gasteiger partial charge on any atom is -0.423 e. The van der Waals surface area contributed by atoms with Crippen LogP contribution in [0.2, 0.25) is 0 Å². The summed E-state index contributed by atoms with van der Waals surface area (Å²) in [7, 11) is -0.135. The van der Waals surface area contributed by atoms with Crippen molar-refractivity contribution in [1.29, 1.82) is 0 Å². The summed E-state index contributed by atoms with van der Waals surface area (Å²) in [6.45, 7) is 0.157. The van der Waals surface area contributed by atoms with Gasteiger partial charge in [-0.25, -0.2) is 4.39 Å². The van der Waals surface area contributed by atoms with Crippen LogP contribution in [0, 0.1) is 5.82 Å². The van der Waals surface area contributed by atoms with E-state index in [1.165, 1.54) is 25.3 Å². The van der Waals surface area contributed by atoms with E-state index >= 15 is 0 Å². The molecule has 5 heteroatoms. The molecule has 0 saturated heterocycles. The van der Waals surface area contributed by atoms with Crippen molar-refractivity contribution in [2.75, 3.05) is 7.11 Å². The largest absolute Gasteiger partial charge is 0.488 e. The molecule has 0 heterocycles. The van der Waals surface area contributed by atoms with E-state index in [9.17, 15) is 4.39 Å². The average molecular weight is 184 g/mol. The molecule has 1 aromatic carbocycles. The summed E-state index contributed by atoms with van der Waals surface area (Å²) >= 11 is 0. The highest BCUT2D eigenvalue weighted by Crippen LogP contribution is 2.03. The highest BCUT2D eigenvalue weighted by molar-refractivity contribution is 6.59. The number of hydrogen-bond donors (Lipinski definition) is 2. The van der Waals surface area contributed by atoms with Gasteiger partial charge in [0.15, 0.2) is 0 Å². The first kappa shape index (κ1) is 10.2. The second-order valence-electron chi connectivity index (χ2n) is 2.65. The van der Waals surface area contributed by atoms with Gasteiger partial charge in [-0.3, -0.25) is 0 Å². The van der Waals surface area contributed by atoms with E-state index in [4.69, 9.17) is 14.8 Å². The zero-order chi connectivity index (χ0) is 9.84. The van der Waals surface area contributed by atoms with E-state index in [1.54, 1.807) is 0 Å². The minimum atomic E-state index is -1.59. The molecule has 0 atom stereocenters. The Morgan fingerprint density at radius 3 is 2.69 bits per heavy atom. The molecule has 0 spiro atoms. The number of rotatable bonds is 3. The van der Waals surface area contributed by atoms with Gasteiger partial charge < -0.3 is 14.8 Å². The Morgan fingerprint density at radius 2 is 2.15 bits per heavy atom. The Hall–Kier alpha value is -0.905. The second-order valence-corrected chi connectivity index (χ2v) is 2.65. The van der Waals surface area contributed by atoms with Crippen molar-refractivity contribution >= 4 is 12.6 Å². The summed E-state index contributed by atoms with van der Waals surface area (Å²) in [4.78, 5) is 0. The van der Waals surface area contributed by atoms with Gasteiger partial charge in [0.1, 0.15) is 5.82 Å². The van der Waals surface area contributed by atoms with Crippen molar-refractivity contribution < 1.29 is 19.2 Å². The fraction of sp³-hybridized carbons (Fsp3) is 0.250. The summed E-state index contributed by atoms with van der Waals surface area (Å²) in [5.41, 5.74) is 0.709. The lowest BCUT2D eigenvalue weighted by Crippen LogP contribution is -2.33. The Kier molecular flexibility index (Phi) is 3.42. The predicted octanol–water partition coefficient (Wildman–Crippen LogP) is -0.348. The van der Waals surface area contributed by atoms with Crippen LogP contribution in [0.1, 0.15) is 5.56 Å². The van der Waals surface area contributed by atoms with Gasteiger partial charge in [-0.2, -0.15) is 0 Å². The highest BCUT2D eigenvalue weighted by atomic mass is 19.1. The molecule has 0 aliphatic rings. The van der Waals surface area contributed by atoms with E-state index < -0.39 is 12.9 Å². The number of hydrogen-bond acceptors (Lipinski definition) is 3. The van der Waals surface area contributed by atoms with Gasteiger partial charge in [0, 0.05) is 7.11 Å². The van der Waals surface area contributed by atoms with Gasteiger partial charge in [0.05, 0.1) is 6.61 Å². The van der Waals surface area contributed by atoms with Gasteiger partial charge >= 0.3 is 7.12 Å². The molecule has 1 rings (SSSR count). The van der Waals surface area contributed by atoms with Crippen LogP contribution in [-0.4, -0.2) is 24.3 Å². The minimum absolute atomic E-state index is 0.157. The molecule has 0 saturated carbocycles. The molecule has 1 aromatic rings. The molecular weight excluding hydrogens is 174 g/mol. The standard InChI is InChI=1S/C8H10BFO3/c1-13-5-6-4-7(10)2-3-8(6)9(11)12/h2-4,11-12H,5H2,1H3. The van der Waals surface area contributed by atoms with Crippen LogP contribution in [0.15, 0.2) is 18.2 Å². The van der Waals surface area contributed by atoms with Crippen LogP contribution in [0.25, 0.3) is 0 Å². The first-order chi connectivity index (χ1) is 6.15. The summed E-state index contributed by atoms with van der Waals surface area (Å²) < 4.78 is 17.5. The van der Waals surface area contributed by atoms with Crippen LogP contribution in [0.4, 0.5) is 4.39 Å². The Balaban J connectivity index is 3.03. The Morgan fingerprint density at radius 1 is 1.46 bits per heavy atom. The summed E-state index contributed by atoms with van der Waals surface area (Å²) in [6, 6.07) is 3.72. The molecule has 0 amide bonds. The third kappa shape index (κ3) is 2.52. The molecule has 13 heavy (non-hydrogen) atoms. The maximum Gasteiger partial charge on any atom is 0.488 e. The van der Waals surface area contributed by atoms with Gasteiger partial charge in [0.25, 0.3) is 0 Å². The normalized spacial score (nSPS) is 10.2. The SMILES string of the molecule is COCc1cc(F)ccc1B(O)O. The number of halogens is 1. The van der Waals surface area contributed by atoms with Crippen LogP contribution in [0.5, 0.6) is 0 Å². The number of ether oxygens (including phenoxy) is 1. The quantitative estimate of drug-likeness (QED) is 0.631. The molecule has 3 nitrogen and oxygen atoms in total. The molecule has 0 aromatic heterocycles. The Labute approximate surface area is 75.9 Å². The van der Waals surface area contributed by atoms with Crippen molar-refractivity contribution in [1.82, 2.24) is 0 Å². The van der Waals surface area contributed by atoms with Crippen molar-refractivity contribution in [2.45, 2.75) is 6.61 Å². The van der Waals surface area contributed by atoms with Crippen molar-refractivity contribution in [3.8, 4) is 0 Å². The molecule has 0 radical (unpaired) electrons. The zero-order valence-corrected chi connectivity index (χ0v) is 7.20. The maximum atomic E-state index is 12.7. The lowest BCUT2D eigenvalue weighted by Gasteiger charge is -2.07. The van der Waals surface area contributed by atoms with E-state index in [0.29, 0.717) is 5.56 Å². The van der Waals surface area contributed by atoms with E-state index in [0.717, 1.165) is 0 Å². The molecule has 0 fully saturated rings. The van der Waals surface area contributed by atoms with Gasteiger partial charge in [0.2, 0.25) is 0 Å². The first-order valence-electron chi connectivity index (χ1n) is 3.78. The van der Waals surface area contributed by atoms with Crippen molar-refractivity contribution in [3.05, 3.63) is 29.6 Å². The molecular formula is C8H10BFO3. The van der Waals surface area contributed by atoms with E-state index in [2.05, 4.69) is 0 Å². The van der Waals surface area contributed by atoms with Crippen LogP contribution >= 0.6 is 0 Å². The summed E-state index contributed by atoms with van der Waals surface area (Å²) in [5.74, 6) is -0.420. The predicted molar refractivity (Wildman–Crippen MR) is 46.9 cm³/mol. The highest BCUT2D eigenvalue weighted by Gasteiger charge is 2.15. The topological polar surface area (TPSA) is 49.7 Å². The summed E-state index contributed by atoms with van der Waals surface area (Å²) in [5, 5.41) is 17.8. The second kappa shape index (κ2) is 4.36. The smallest absolute Gasteiger partial charge is 0.423 e. The van der Waals surface area contributed by atoms with E-state index in [-0.39, 0.29) is 12.1 Å². The van der Waals surface area contributed by atoms with Gasteiger partial charge in [-0.1, -0.05) is 6.07 Å². The maximum absolute atomic E-state index is 12.7. The molecule has 2 N–H and O–H groups in total. The third-order valence-electron chi connectivity index (χ3n) is 1.68. The fourth-order valence-corrected chi connectivity index (χ4v) is 1.11. The molecule has 0 aliphatic heterocycles. The lowest BCUT2D eigenvalue weighted by atomic mass is 9.77. The molecule has 0 bridgehead atoms. The number of methoxy groups -OCH3 is 1. The van der Waals surface area contributed by atoms with Crippen LogP contribution in [-0.2, 0) is 11.3 Å². The van der Waals surface area contributed by atoms with Crippen molar-refractivity contribution in [3.63, 3.8) is 0 Å². The van der Waals surface area contributed by atoms with Crippen LogP contribution < -0.4 is 5.46 Å². The third-order valence-corrected chi connectivity index (χ3v) is 1.68.